The molecule has 0 amide bonds. The SMILES string of the molecule is C=CCOCc1ccc(C2CCC(OC(=O)OC3CCC(CC=C)CC3)CC2)cc1. The Labute approximate surface area is 181 Å². The van der Waals surface area contributed by atoms with Crippen molar-refractivity contribution >= 4 is 6.16 Å². The van der Waals surface area contributed by atoms with Crippen molar-refractivity contribution in [2.45, 2.75) is 82.5 Å². The molecule has 1 aromatic carbocycles. The van der Waals surface area contributed by atoms with Gasteiger partial charge in [0.05, 0.1) is 13.2 Å². The fourth-order valence-electron chi connectivity index (χ4n) is 4.68. The highest BCUT2D eigenvalue weighted by Gasteiger charge is 2.28. The lowest BCUT2D eigenvalue weighted by molar-refractivity contribution is -0.0235. The third-order valence-corrected chi connectivity index (χ3v) is 6.45. The van der Waals surface area contributed by atoms with Gasteiger partial charge >= 0.3 is 6.16 Å². The van der Waals surface area contributed by atoms with E-state index in [1.165, 1.54) is 11.1 Å². The van der Waals surface area contributed by atoms with E-state index < -0.39 is 6.16 Å². The van der Waals surface area contributed by atoms with Gasteiger partial charge in [0.25, 0.3) is 0 Å². The Morgan fingerprint density at radius 1 is 0.867 bits per heavy atom. The van der Waals surface area contributed by atoms with Crippen molar-refractivity contribution < 1.29 is 19.0 Å². The first-order chi connectivity index (χ1) is 14.7. The van der Waals surface area contributed by atoms with E-state index in [0.717, 1.165) is 57.8 Å². The molecule has 0 saturated heterocycles. The van der Waals surface area contributed by atoms with Crippen molar-refractivity contribution in [3.05, 3.63) is 60.7 Å². The zero-order chi connectivity index (χ0) is 21.2. The van der Waals surface area contributed by atoms with E-state index in [-0.39, 0.29) is 12.2 Å². The summed E-state index contributed by atoms with van der Waals surface area (Å²) in [6.45, 7) is 8.67. The quantitative estimate of drug-likeness (QED) is 0.257. The van der Waals surface area contributed by atoms with E-state index in [0.29, 0.717) is 25.0 Å². The number of allylic oxidation sites excluding steroid dienone is 1. The van der Waals surface area contributed by atoms with Crippen LogP contribution in [0.5, 0.6) is 0 Å². The van der Waals surface area contributed by atoms with Gasteiger partial charge in [-0.25, -0.2) is 4.79 Å². The van der Waals surface area contributed by atoms with Crippen LogP contribution in [0.3, 0.4) is 0 Å². The van der Waals surface area contributed by atoms with Crippen LogP contribution in [0, 0.1) is 5.92 Å². The summed E-state index contributed by atoms with van der Waals surface area (Å²) < 4.78 is 16.7. The molecule has 4 nitrogen and oxygen atoms in total. The van der Waals surface area contributed by atoms with Crippen LogP contribution in [0.15, 0.2) is 49.6 Å². The second-order valence-electron chi connectivity index (χ2n) is 8.67. The molecule has 2 aliphatic rings. The maximum Gasteiger partial charge on any atom is 0.508 e. The second-order valence-corrected chi connectivity index (χ2v) is 8.67. The molecule has 0 spiro atoms. The third kappa shape index (κ3) is 7.02. The molecule has 1 aromatic rings. The number of carbonyl (C=O) groups is 1. The van der Waals surface area contributed by atoms with Crippen LogP contribution in [0.2, 0.25) is 0 Å². The third-order valence-electron chi connectivity index (χ3n) is 6.45. The maximum absolute atomic E-state index is 12.2. The smallest absolute Gasteiger partial charge is 0.431 e. The van der Waals surface area contributed by atoms with Crippen molar-refractivity contribution in [3.63, 3.8) is 0 Å². The lowest BCUT2D eigenvalue weighted by Crippen LogP contribution is -2.29. The average Bonchev–Trinajstić information content (AvgIpc) is 2.77. The van der Waals surface area contributed by atoms with E-state index in [1.54, 1.807) is 6.08 Å². The lowest BCUT2D eigenvalue weighted by atomic mass is 9.82. The highest BCUT2D eigenvalue weighted by molar-refractivity contribution is 5.60. The van der Waals surface area contributed by atoms with Crippen molar-refractivity contribution in [1.82, 2.24) is 0 Å². The van der Waals surface area contributed by atoms with Crippen molar-refractivity contribution in [3.8, 4) is 0 Å². The molecule has 0 N–H and O–H groups in total. The second kappa shape index (κ2) is 11.9. The molecule has 2 aliphatic carbocycles. The number of rotatable bonds is 9. The summed E-state index contributed by atoms with van der Waals surface area (Å²) in [7, 11) is 0. The Bertz CT molecular complexity index is 665. The Balaban J connectivity index is 1.35. The molecule has 0 aromatic heterocycles. The predicted octanol–water partition coefficient (Wildman–Crippen LogP) is 6.70. The highest BCUT2D eigenvalue weighted by atomic mass is 16.7. The van der Waals surface area contributed by atoms with Gasteiger partial charge in [0.2, 0.25) is 0 Å². The molecule has 0 atom stereocenters. The molecular weight excluding hydrogens is 376 g/mol. The van der Waals surface area contributed by atoms with E-state index in [9.17, 15) is 4.79 Å². The van der Waals surface area contributed by atoms with Gasteiger partial charge in [0.15, 0.2) is 0 Å². The first-order valence-corrected chi connectivity index (χ1v) is 11.4. The minimum Gasteiger partial charge on any atom is -0.431 e. The molecule has 164 valence electrons. The Kier molecular flexibility index (Phi) is 9.00. The van der Waals surface area contributed by atoms with Crippen LogP contribution in [0.25, 0.3) is 0 Å². The van der Waals surface area contributed by atoms with Gasteiger partial charge in [-0.15, -0.1) is 13.2 Å². The average molecular weight is 413 g/mol. The lowest BCUT2D eigenvalue weighted by Gasteiger charge is -2.30. The summed E-state index contributed by atoms with van der Waals surface area (Å²) in [6.07, 6.45) is 12.3. The van der Waals surface area contributed by atoms with Crippen molar-refractivity contribution in [2.75, 3.05) is 6.61 Å². The summed E-state index contributed by atoms with van der Waals surface area (Å²) >= 11 is 0. The molecule has 0 unspecified atom stereocenters. The molecular formula is C26H36O4. The van der Waals surface area contributed by atoms with Crippen LogP contribution in [-0.2, 0) is 20.8 Å². The van der Waals surface area contributed by atoms with Crippen LogP contribution in [-0.4, -0.2) is 25.0 Å². The number of benzene rings is 1. The molecule has 3 rings (SSSR count). The van der Waals surface area contributed by atoms with E-state index in [1.807, 2.05) is 6.08 Å². The van der Waals surface area contributed by atoms with E-state index in [4.69, 9.17) is 14.2 Å². The molecule has 2 saturated carbocycles. The van der Waals surface area contributed by atoms with E-state index >= 15 is 0 Å². The van der Waals surface area contributed by atoms with Crippen molar-refractivity contribution in [2.24, 2.45) is 5.92 Å². The summed E-state index contributed by atoms with van der Waals surface area (Å²) in [4.78, 5) is 12.2. The number of ether oxygens (including phenoxy) is 3. The fraction of sp³-hybridized carbons (Fsp3) is 0.577. The molecule has 4 heteroatoms. The number of hydrogen-bond acceptors (Lipinski definition) is 4. The molecule has 0 aliphatic heterocycles. The van der Waals surface area contributed by atoms with Gasteiger partial charge in [0.1, 0.15) is 12.2 Å². The zero-order valence-electron chi connectivity index (χ0n) is 18.1. The standard InChI is InChI=1S/C26H36O4/c1-3-5-20-8-14-24(15-9-20)29-26(27)30-25-16-12-23(13-17-25)22-10-6-21(7-11-22)19-28-18-4-2/h3-4,6-7,10-11,20,23-25H,1-2,5,8-9,12-19H2. The first kappa shape index (κ1) is 22.6. The minimum absolute atomic E-state index is 0.0163. The van der Waals surface area contributed by atoms with Crippen molar-refractivity contribution in [1.29, 1.82) is 0 Å². The summed E-state index contributed by atoms with van der Waals surface area (Å²) in [5.41, 5.74) is 2.54. The summed E-state index contributed by atoms with van der Waals surface area (Å²) in [5.74, 6) is 1.23. The number of carbonyl (C=O) groups excluding carboxylic acids is 1. The Hall–Kier alpha value is -2.07. The van der Waals surface area contributed by atoms with Gasteiger partial charge in [-0.3, -0.25) is 0 Å². The molecule has 0 heterocycles. The minimum atomic E-state index is -0.477. The largest absolute Gasteiger partial charge is 0.508 e. The highest BCUT2D eigenvalue weighted by Crippen LogP contribution is 2.35. The monoisotopic (exact) mass is 412 g/mol. The Morgan fingerprint density at radius 2 is 1.47 bits per heavy atom. The Morgan fingerprint density at radius 3 is 2.03 bits per heavy atom. The van der Waals surface area contributed by atoms with Crippen LogP contribution < -0.4 is 0 Å². The summed E-state index contributed by atoms with van der Waals surface area (Å²) in [6, 6.07) is 8.69. The molecule has 2 fully saturated rings. The van der Waals surface area contributed by atoms with Crippen LogP contribution >= 0.6 is 0 Å². The van der Waals surface area contributed by atoms with Crippen LogP contribution in [0.1, 0.15) is 74.8 Å². The molecule has 0 bridgehead atoms. The van der Waals surface area contributed by atoms with Gasteiger partial charge in [-0.2, -0.15) is 0 Å². The zero-order valence-corrected chi connectivity index (χ0v) is 18.1. The topological polar surface area (TPSA) is 44.8 Å². The van der Waals surface area contributed by atoms with E-state index in [2.05, 4.69) is 37.4 Å². The molecule has 0 radical (unpaired) electrons. The van der Waals surface area contributed by atoms with Gasteiger partial charge < -0.3 is 14.2 Å². The maximum atomic E-state index is 12.2. The normalized spacial score (nSPS) is 26.5. The number of hydrogen-bond donors (Lipinski definition) is 0. The van der Waals surface area contributed by atoms with Gasteiger partial charge in [-0.05, 0) is 80.8 Å². The molecule has 30 heavy (non-hydrogen) atoms. The first-order valence-electron chi connectivity index (χ1n) is 11.4. The van der Waals surface area contributed by atoms with Crippen LogP contribution in [0.4, 0.5) is 4.79 Å². The summed E-state index contributed by atoms with van der Waals surface area (Å²) in [5, 5.41) is 0. The predicted molar refractivity (Wildman–Crippen MR) is 119 cm³/mol. The van der Waals surface area contributed by atoms with Gasteiger partial charge in [-0.1, -0.05) is 36.4 Å². The van der Waals surface area contributed by atoms with Gasteiger partial charge in [0, 0.05) is 0 Å². The fourth-order valence-corrected chi connectivity index (χ4v) is 4.68.